The quantitative estimate of drug-likeness (QED) is 0.539. The molecule has 0 unspecified atom stereocenters. The molecule has 0 saturated heterocycles. The smallest absolute Gasteiger partial charge is 0.250 e. The molecule has 70 valence electrons. The van der Waals surface area contributed by atoms with Gasteiger partial charge in [0.25, 0.3) is 5.82 Å². The maximum absolute atomic E-state index is 5.82. The predicted molar refractivity (Wildman–Crippen MR) is 51.8 cm³/mol. The molecule has 4 nitrogen and oxygen atoms in total. The predicted octanol–water partition coefficient (Wildman–Crippen LogP) is 0.0101. The first-order valence-electron chi connectivity index (χ1n) is 4.27. The van der Waals surface area contributed by atoms with E-state index in [-0.39, 0.29) is 0 Å². The maximum Gasteiger partial charge on any atom is 0.250 e. The molecule has 0 bridgehead atoms. The van der Waals surface area contributed by atoms with Crippen LogP contribution in [0.5, 0.6) is 0 Å². The Bertz CT molecular complexity index is 313. The summed E-state index contributed by atoms with van der Waals surface area (Å²) in [5.41, 5.74) is 6.55. The Labute approximate surface area is 81.9 Å². The number of nitrogen functional groups attached to an aromatic ring is 1. The number of hydrogen-bond donors (Lipinski definition) is 1. The molecule has 0 aromatic carbocycles. The first kappa shape index (κ1) is 8.56. The molecule has 1 aromatic heterocycles. The average molecular weight is 200 g/mol. The van der Waals surface area contributed by atoms with Crippen molar-refractivity contribution in [2.45, 2.75) is 6.54 Å². The zero-order valence-corrected chi connectivity index (χ0v) is 8.04. The second kappa shape index (κ2) is 3.38. The summed E-state index contributed by atoms with van der Waals surface area (Å²) >= 11 is 5.69. The highest BCUT2D eigenvalue weighted by atomic mass is 35.5. The molecule has 1 aromatic rings. The fraction of sp³-hybridized carbons (Fsp3) is 0.500. The SMILES string of the molecule is Nc1cnc[n+]2c1N(CCCl)CC2. The van der Waals surface area contributed by atoms with Crippen molar-refractivity contribution in [2.75, 3.05) is 29.6 Å². The summed E-state index contributed by atoms with van der Waals surface area (Å²) in [6, 6.07) is 0. The van der Waals surface area contributed by atoms with E-state index < -0.39 is 0 Å². The third-order valence-electron chi connectivity index (χ3n) is 2.21. The molecule has 2 N–H and O–H groups in total. The van der Waals surface area contributed by atoms with Crippen molar-refractivity contribution < 1.29 is 4.57 Å². The number of fused-ring (bicyclic) bond motifs is 1. The Morgan fingerprint density at radius 1 is 1.69 bits per heavy atom. The van der Waals surface area contributed by atoms with E-state index in [1.54, 1.807) is 12.5 Å². The van der Waals surface area contributed by atoms with Gasteiger partial charge in [-0.05, 0) is 0 Å². The molecular weight excluding hydrogens is 188 g/mol. The second-order valence-electron chi connectivity index (χ2n) is 3.04. The van der Waals surface area contributed by atoms with Gasteiger partial charge in [-0.2, -0.15) is 0 Å². The van der Waals surface area contributed by atoms with Crippen LogP contribution < -0.4 is 15.2 Å². The maximum atomic E-state index is 5.82. The van der Waals surface area contributed by atoms with Gasteiger partial charge in [-0.25, -0.2) is 4.57 Å². The normalized spacial score (nSPS) is 14.7. The number of anilines is 2. The van der Waals surface area contributed by atoms with Gasteiger partial charge in [0.2, 0.25) is 6.33 Å². The molecular formula is C8H12ClN4+. The number of rotatable bonds is 2. The lowest BCUT2D eigenvalue weighted by atomic mass is 10.4. The van der Waals surface area contributed by atoms with Crippen molar-refractivity contribution in [3.8, 4) is 0 Å². The van der Waals surface area contributed by atoms with Crippen molar-refractivity contribution in [3.63, 3.8) is 0 Å². The highest BCUT2D eigenvalue weighted by molar-refractivity contribution is 6.18. The van der Waals surface area contributed by atoms with E-state index in [0.29, 0.717) is 5.88 Å². The fourth-order valence-electron chi connectivity index (χ4n) is 1.65. The van der Waals surface area contributed by atoms with Gasteiger partial charge in [0, 0.05) is 0 Å². The molecule has 0 saturated carbocycles. The number of aromatic nitrogens is 2. The summed E-state index contributed by atoms with van der Waals surface area (Å²) in [6.45, 7) is 2.77. The van der Waals surface area contributed by atoms with Gasteiger partial charge in [-0.1, -0.05) is 0 Å². The van der Waals surface area contributed by atoms with Gasteiger partial charge < -0.3 is 5.73 Å². The van der Waals surface area contributed by atoms with Gasteiger partial charge in [-0.3, -0.25) is 4.90 Å². The first-order chi connectivity index (χ1) is 6.33. The van der Waals surface area contributed by atoms with E-state index in [1.165, 1.54) is 0 Å². The number of alkyl halides is 1. The van der Waals surface area contributed by atoms with E-state index in [1.807, 2.05) is 0 Å². The largest absolute Gasteiger partial charge is 0.391 e. The third kappa shape index (κ3) is 1.42. The minimum absolute atomic E-state index is 0.627. The lowest BCUT2D eigenvalue weighted by Crippen LogP contribution is -2.32. The number of nitrogens with two attached hydrogens (primary N) is 1. The van der Waals surface area contributed by atoms with Gasteiger partial charge in [0.15, 0.2) is 0 Å². The van der Waals surface area contributed by atoms with Crippen LogP contribution in [0.3, 0.4) is 0 Å². The summed E-state index contributed by atoms with van der Waals surface area (Å²) < 4.78 is 2.06. The molecule has 2 heterocycles. The Morgan fingerprint density at radius 3 is 3.31 bits per heavy atom. The molecule has 0 aliphatic carbocycles. The van der Waals surface area contributed by atoms with Crippen LogP contribution in [0.1, 0.15) is 0 Å². The van der Waals surface area contributed by atoms with E-state index in [4.69, 9.17) is 17.3 Å². The molecule has 1 aliphatic rings. The highest BCUT2D eigenvalue weighted by Crippen LogP contribution is 2.19. The summed E-state index contributed by atoms with van der Waals surface area (Å²) in [4.78, 5) is 6.21. The molecule has 0 radical (unpaired) electrons. The number of halogens is 1. The van der Waals surface area contributed by atoms with Crippen molar-refractivity contribution in [1.29, 1.82) is 0 Å². The molecule has 5 heteroatoms. The van der Waals surface area contributed by atoms with Crippen LogP contribution in [0.15, 0.2) is 12.5 Å². The molecule has 0 atom stereocenters. The van der Waals surface area contributed by atoms with Gasteiger partial charge in [0.1, 0.15) is 18.4 Å². The summed E-state index contributed by atoms with van der Waals surface area (Å²) in [7, 11) is 0. The Hall–Kier alpha value is -1.03. The van der Waals surface area contributed by atoms with Crippen molar-refractivity contribution >= 4 is 23.1 Å². The van der Waals surface area contributed by atoms with Crippen LogP contribution in [0.2, 0.25) is 0 Å². The van der Waals surface area contributed by atoms with E-state index in [2.05, 4.69) is 14.5 Å². The van der Waals surface area contributed by atoms with Crippen LogP contribution >= 0.6 is 11.6 Å². The number of nitrogens with zero attached hydrogens (tertiary/aromatic N) is 3. The Morgan fingerprint density at radius 2 is 2.54 bits per heavy atom. The zero-order valence-electron chi connectivity index (χ0n) is 7.28. The molecule has 0 amide bonds. The molecule has 0 spiro atoms. The first-order valence-corrected chi connectivity index (χ1v) is 4.80. The topological polar surface area (TPSA) is 46.0 Å². The summed E-state index contributed by atoms with van der Waals surface area (Å²) in [5.74, 6) is 1.68. The minimum atomic E-state index is 0.627. The molecule has 2 rings (SSSR count). The summed E-state index contributed by atoms with van der Waals surface area (Å²) in [5, 5.41) is 0. The minimum Gasteiger partial charge on any atom is -0.391 e. The van der Waals surface area contributed by atoms with Crippen LogP contribution in [-0.4, -0.2) is 24.0 Å². The fourth-order valence-corrected chi connectivity index (χ4v) is 1.86. The van der Waals surface area contributed by atoms with Crippen molar-refractivity contribution in [2.24, 2.45) is 0 Å². The van der Waals surface area contributed by atoms with E-state index >= 15 is 0 Å². The van der Waals surface area contributed by atoms with Crippen LogP contribution in [0.4, 0.5) is 11.5 Å². The van der Waals surface area contributed by atoms with Crippen LogP contribution in [-0.2, 0) is 6.54 Å². The number of hydrogen-bond acceptors (Lipinski definition) is 3. The highest BCUT2D eigenvalue weighted by Gasteiger charge is 2.26. The molecule has 0 fully saturated rings. The standard InChI is InChI=1S/C8H12ClN4/c9-1-2-12-3-4-13-6-11-5-7(10)8(12)13/h5-6H,1-4,10H2/q+1. The van der Waals surface area contributed by atoms with Gasteiger partial charge >= 0.3 is 0 Å². The van der Waals surface area contributed by atoms with E-state index in [0.717, 1.165) is 31.1 Å². The molecule has 1 aliphatic heterocycles. The summed E-state index contributed by atoms with van der Waals surface area (Å²) in [6.07, 6.45) is 3.48. The molecule has 13 heavy (non-hydrogen) atoms. The van der Waals surface area contributed by atoms with Crippen LogP contribution in [0, 0.1) is 0 Å². The zero-order chi connectivity index (χ0) is 9.26. The van der Waals surface area contributed by atoms with Gasteiger partial charge in [0.05, 0.1) is 19.0 Å². The Balaban J connectivity index is 2.34. The lowest BCUT2D eigenvalue weighted by molar-refractivity contribution is -0.673. The van der Waals surface area contributed by atoms with Gasteiger partial charge in [-0.15, -0.1) is 16.6 Å². The van der Waals surface area contributed by atoms with Crippen molar-refractivity contribution in [1.82, 2.24) is 4.98 Å². The third-order valence-corrected chi connectivity index (χ3v) is 2.38. The monoisotopic (exact) mass is 199 g/mol. The van der Waals surface area contributed by atoms with Crippen LogP contribution in [0.25, 0.3) is 0 Å². The second-order valence-corrected chi connectivity index (χ2v) is 3.42. The lowest BCUT2D eigenvalue weighted by Gasteiger charge is -2.11. The van der Waals surface area contributed by atoms with E-state index in [9.17, 15) is 0 Å². The average Bonchev–Trinajstić information content (AvgIpc) is 2.51. The van der Waals surface area contributed by atoms with Crippen molar-refractivity contribution in [3.05, 3.63) is 12.5 Å². The Kier molecular flexibility index (Phi) is 2.22.